The highest BCUT2D eigenvalue weighted by Crippen LogP contribution is 2.40. The lowest BCUT2D eigenvalue weighted by molar-refractivity contribution is -0.388. The van der Waals surface area contributed by atoms with Gasteiger partial charge in [-0.15, -0.1) is 0 Å². The SMILES string of the molecule is O=C(COC(=O)c1ccccc1Sc1ccc(C(F)(F)F)cc1[N+](=O)[O-])c1ccc([N+](=O)[O-])cc1. The van der Waals surface area contributed by atoms with E-state index in [-0.39, 0.29) is 26.6 Å². The monoisotopic (exact) mass is 506 g/mol. The van der Waals surface area contributed by atoms with Gasteiger partial charge in [0.1, 0.15) is 0 Å². The second-order valence-electron chi connectivity index (χ2n) is 6.84. The number of ketones is 1. The summed E-state index contributed by atoms with van der Waals surface area (Å²) in [6.45, 7) is -0.684. The molecule has 180 valence electrons. The van der Waals surface area contributed by atoms with Crippen molar-refractivity contribution in [3.8, 4) is 0 Å². The molecule has 13 heteroatoms. The van der Waals surface area contributed by atoms with Crippen LogP contribution < -0.4 is 0 Å². The molecule has 0 spiro atoms. The first-order chi connectivity index (χ1) is 16.5. The fourth-order valence-corrected chi connectivity index (χ4v) is 3.85. The zero-order valence-electron chi connectivity index (χ0n) is 17.4. The van der Waals surface area contributed by atoms with Crippen LogP contribution in [0.2, 0.25) is 0 Å². The third-order valence-electron chi connectivity index (χ3n) is 4.54. The van der Waals surface area contributed by atoms with Gasteiger partial charge in [-0.05, 0) is 36.4 Å². The molecule has 0 amide bonds. The van der Waals surface area contributed by atoms with E-state index < -0.39 is 45.6 Å². The van der Waals surface area contributed by atoms with Gasteiger partial charge in [-0.1, -0.05) is 23.9 Å². The summed E-state index contributed by atoms with van der Waals surface area (Å²) in [6, 6.07) is 12.4. The van der Waals surface area contributed by atoms with Crippen molar-refractivity contribution < 1.29 is 37.3 Å². The van der Waals surface area contributed by atoms with Crippen LogP contribution >= 0.6 is 11.8 Å². The molecular weight excluding hydrogens is 493 g/mol. The molecule has 0 saturated heterocycles. The van der Waals surface area contributed by atoms with Gasteiger partial charge in [-0.25, -0.2) is 4.79 Å². The van der Waals surface area contributed by atoms with E-state index in [0.29, 0.717) is 23.9 Å². The highest BCUT2D eigenvalue weighted by molar-refractivity contribution is 7.99. The Hall–Kier alpha value is -4.26. The fraction of sp³-hybridized carbons (Fsp3) is 0.0909. The van der Waals surface area contributed by atoms with Crippen molar-refractivity contribution in [2.24, 2.45) is 0 Å². The van der Waals surface area contributed by atoms with E-state index in [1.165, 1.54) is 36.4 Å². The minimum absolute atomic E-state index is 0.0665. The first kappa shape index (κ1) is 25.4. The van der Waals surface area contributed by atoms with Gasteiger partial charge in [0.05, 0.1) is 25.9 Å². The predicted octanol–water partition coefficient (Wildman–Crippen LogP) is 5.71. The second kappa shape index (κ2) is 10.3. The van der Waals surface area contributed by atoms with Gasteiger partial charge in [0.2, 0.25) is 0 Å². The van der Waals surface area contributed by atoms with Gasteiger partial charge in [0.15, 0.2) is 12.4 Å². The van der Waals surface area contributed by atoms with E-state index >= 15 is 0 Å². The summed E-state index contributed by atoms with van der Waals surface area (Å²) in [4.78, 5) is 45.3. The van der Waals surface area contributed by atoms with E-state index in [1.54, 1.807) is 0 Å². The Bertz CT molecular complexity index is 1310. The topological polar surface area (TPSA) is 130 Å². The zero-order valence-corrected chi connectivity index (χ0v) is 18.2. The number of nitro benzene ring substituents is 2. The quantitative estimate of drug-likeness (QED) is 0.164. The second-order valence-corrected chi connectivity index (χ2v) is 7.92. The van der Waals surface area contributed by atoms with Crippen LogP contribution in [0.15, 0.2) is 76.5 Å². The standard InChI is InChI=1S/C22H13F3N2O7S/c23-22(24,25)14-7-10-20(17(11-14)27(32)33)35-19-4-2-1-3-16(19)21(29)34-12-18(28)13-5-8-15(9-6-13)26(30)31/h1-11H,12H2. The molecule has 0 atom stereocenters. The summed E-state index contributed by atoms with van der Waals surface area (Å²) in [5.41, 5.74) is -2.19. The number of hydrogen-bond acceptors (Lipinski definition) is 8. The van der Waals surface area contributed by atoms with Crippen molar-refractivity contribution in [3.05, 3.63) is 104 Å². The van der Waals surface area contributed by atoms with Gasteiger partial charge >= 0.3 is 12.1 Å². The number of nitro groups is 2. The summed E-state index contributed by atoms with van der Waals surface area (Å²) in [7, 11) is 0. The van der Waals surface area contributed by atoms with Gasteiger partial charge in [-0.2, -0.15) is 13.2 Å². The molecule has 0 fully saturated rings. The first-order valence-corrected chi connectivity index (χ1v) is 10.4. The zero-order chi connectivity index (χ0) is 25.8. The Morgan fingerprint density at radius 3 is 2.14 bits per heavy atom. The van der Waals surface area contributed by atoms with E-state index in [2.05, 4.69) is 0 Å². The van der Waals surface area contributed by atoms with Gasteiger partial charge in [0, 0.05) is 28.7 Å². The normalized spacial score (nSPS) is 11.1. The summed E-state index contributed by atoms with van der Waals surface area (Å²) in [6.07, 6.45) is -4.77. The number of Topliss-reactive ketones (excluding diaryl/α,β-unsaturated/α-hetero) is 1. The van der Waals surface area contributed by atoms with Crippen molar-refractivity contribution in [2.45, 2.75) is 16.0 Å². The lowest BCUT2D eigenvalue weighted by atomic mass is 10.1. The maximum absolute atomic E-state index is 12.9. The molecule has 0 N–H and O–H groups in total. The first-order valence-electron chi connectivity index (χ1n) is 9.54. The Morgan fingerprint density at radius 2 is 1.54 bits per heavy atom. The number of carbonyl (C=O) groups excluding carboxylic acids is 2. The Labute approximate surface area is 198 Å². The molecule has 0 heterocycles. The minimum atomic E-state index is -4.77. The number of alkyl halides is 3. The molecule has 0 unspecified atom stereocenters. The van der Waals surface area contributed by atoms with Crippen LogP contribution in [0.5, 0.6) is 0 Å². The maximum atomic E-state index is 12.9. The number of nitrogens with zero attached hydrogens (tertiary/aromatic N) is 2. The van der Waals surface area contributed by atoms with Crippen molar-refractivity contribution in [1.29, 1.82) is 0 Å². The number of ether oxygens (including phenoxy) is 1. The number of hydrogen-bond donors (Lipinski definition) is 0. The number of benzene rings is 3. The average molecular weight is 506 g/mol. The Morgan fingerprint density at radius 1 is 0.886 bits per heavy atom. The van der Waals surface area contributed by atoms with Crippen LogP contribution in [-0.2, 0) is 10.9 Å². The largest absolute Gasteiger partial charge is 0.454 e. The van der Waals surface area contributed by atoms with Crippen LogP contribution in [0.1, 0.15) is 26.3 Å². The minimum Gasteiger partial charge on any atom is -0.454 e. The number of halogens is 3. The number of carbonyl (C=O) groups is 2. The molecule has 35 heavy (non-hydrogen) atoms. The van der Waals surface area contributed by atoms with Gasteiger partial charge in [-0.3, -0.25) is 25.0 Å². The molecule has 0 aliphatic carbocycles. The number of non-ortho nitro benzene ring substituents is 1. The molecule has 3 aromatic rings. The van der Waals surface area contributed by atoms with Crippen LogP contribution in [0.3, 0.4) is 0 Å². The lowest BCUT2D eigenvalue weighted by Crippen LogP contribution is -2.15. The molecule has 9 nitrogen and oxygen atoms in total. The van der Waals surface area contributed by atoms with Crippen molar-refractivity contribution in [1.82, 2.24) is 0 Å². The highest BCUT2D eigenvalue weighted by atomic mass is 32.2. The molecule has 0 saturated carbocycles. The van der Waals surface area contributed by atoms with Crippen LogP contribution in [0.4, 0.5) is 24.5 Å². The third-order valence-corrected chi connectivity index (χ3v) is 5.69. The van der Waals surface area contributed by atoms with Crippen LogP contribution in [0.25, 0.3) is 0 Å². The molecule has 0 radical (unpaired) electrons. The highest BCUT2D eigenvalue weighted by Gasteiger charge is 2.33. The van der Waals surface area contributed by atoms with E-state index in [4.69, 9.17) is 4.74 Å². The smallest absolute Gasteiger partial charge is 0.416 e. The lowest BCUT2D eigenvalue weighted by Gasteiger charge is -2.11. The van der Waals surface area contributed by atoms with Crippen molar-refractivity contribution >= 4 is 34.9 Å². The summed E-state index contributed by atoms with van der Waals surface area (Å²) < 4.78 is 43.8. The predicted molar refractivity (Wildman–Crippen MR) is 116 cm³/mol. The molecule has 3 aromatic carbocycles. The van der Waals surface area contributed by atoms with E-state index in [1.807, 2.05) is 0 Å². The number of esters is 1. The molecular formula is C22H13F3N2O7S. The summed E-state index contributed by atoms with van der Waals surface area (Å²) >= 11 is 0.693. The third kappa shape index (κ3) is 6.20. The molecule has 0 bridgehead atoms. The Balaban J connectivity index is 1.78. The van der Waals surface area contributed by atoms with Crippen molar-refractivity contribution in [3.63, 3.8) is 0 Å². The number of rotatable bonds is 8. The van der Waals surface area contributed by atoms with E-state index in [9.17, 15) is 43.0 Å². The summed E-state index contributed by atoms with van der Waals surface area (Å²) in [5.74, 6) is -1.57. The molecule has 0 aliphatic rings. The fourth-order valence-electron chi connectivity index (χ4n) is 2.83. The molecule has 0 aromatic heterocycles. The molecule has 3 rings (SSSR count). The van der Waals surface area contributed by atoms with Crippen LogP contribution in [-0.4, -0.2) is 28.2 Å². The van der Waals surface area contributed by atoms with Gasteiger partial charge < -0.3 is 4.74 Å². The van der Waals surface area contributed by atoms with Crippen LogP contribution in [0, 0.1) is 20.2 Å². The molecule has 0 aliphatic heterocycles. The van der Waals surface area contributed by atoms with Gasteiger partial charge in [0.25, 0.3) is 11.4 Å². The average Bonchev–Trinajstić information content (AvgIpc) is 2.82. The van der Waals surface area contributed by atoms with E-state index in [0.717, 1.165) is 18.2 Å². The maximum Gasteiger partial charge on any atom is 0.416 e. The Kier molecular flexibility index (Phi) is 7.49. The van der Waals surface area contributed by atoms with Crippen molar-refractivity contribution in [2.75, 3.05) is 6.61 Å². The summed E-state index contributed by atoms with van der Waals surface area (Å²) in [5, 5.41) is 22.0.